The van der Waals surface area contributed by atoms with Crippen LogP contribution in [-0.2, 0) is 10.0 Å². The summed E-state index contributed by atoms with van der Waals surface area (Å²) in [5, 5.41) is 14.1. The lowest BCUT2D eigenvalue weighted by molar-refractivity contribution is -0.385. The van der Waals surface area contributed by atoms with Crippen LogP contribution < -0.4 is 10.0 Å². The number of hydrogen-bond donors (Lipinski definition) is 2. The van der Waals surface area contributed by atoms with E-state index in [0.29, 0.717) is 16.6 Å². The summed E-state index contributed by atoms with van der Waals surface area (Å²) in [5.74, 6) is 0. The van der Waals surface area contributed by atoms with Gasteiger partial charge in [-0.3, -0.25) is 10.1 Å². The Morgan fingerprint density at radius 2 is 2.19 bits per heavy atom. The lowest BCUT2D eigenvalue weighted by Crippen LogP contribution is -2.45. The van der Waals surface area contributed by atoms with E-state index in [1.807, 2.05) is 0 Å². The first-order valence-electron chi connectivity index (χ1n) is 6.49. The molecule has 116 valence electrons. The zero-order valence-corrected chi connectivity index (χ0v) is 13.8. The van der Waals surface area contributed by atoms with Crippen molar-refractivity contribution in [1.82, 2.24) is 10.0 Å². The van der Waals surface area contributed by atoms with E-state index in [2.05, 4.69) is 26.0 Å². The van der Waals surface area contributed by atoms with Crippen LogP contribution in [0.15, 0.2) is 21.5 Å². The van der Waals surface area contributed by atoms with E-state index in [1.165, 1.54) is 6.07 Å². The molecule has 1 aliphatic heterocycles. The largest absolute Gasteiger partial charge is 0.315 e. The Kier molecular flexibility index (Phi) is 4.97. The van der Waals surface area contributed by atoms with Crippen molar-refractivity contribution in [2.75, 3.05) is 13.1 Å². The maximum Gasteiger partial charge on any atom is 0.274 e. The maximum atomic E-state index is 12.4. The SMILES string of the molecule is Cc1c(Br)cc(S(=O)(=O)NC2CCCNC2)cc1[N+](=O)[O-]. The fourth-order valence-corrected chi connectivity index (χ4v) is 4.14. The highest BCUT2D eigenvalue weighted by Gasteiger charge is 2.25. The molecule has 0 amide bonds. The molecule has 2 rings (SSSR count). The van der Waals surface area contributed by atoms with E-state index in [0.717, 1.165) is 25.5 Å². The van der Waals surface area contributed by atoms with Gasteiger partial charge < -0.3 is 5.32 Å². The van der Waals surface area contributed by atoms with Crippen molar-refractivity contribution in [3.05, 3.63) is 32.3 Å². The Morgan fingerprint density at radius 3 is 2.76 bits per heavy atom. The fourth-order valence-electron chi connectivity index (χ4n) is 2.22. The number of nitrogens with one attached hydrogen (secondary N) is 2. The summed E-state index contributed by atoms with van der Waals surface area (Å²) in [5.41, 5.74) is 0.185. The highest BCUT2D eigenvalue weighted by molar-refractivity contribution is 9.10. The third-order valence-corrected chi connectivity index (χ3v) is 5.74. The maximum absolute atomic E-state index is 12.4. The van der Waals surface area contributed by atoms with Gasteiger partial charge in [-0.15, -0.1) is 0 Å². The molecule has 2 N–H and O–H groups in total. The van der Waals surface area contributed by atoms with Gasteiger partial charge in [0.05, 0.1) is 9.82 Å². The molecule has 1 aromatic carbocycles. The molecule has 9 heteroatoms. The van der Waals surface area contributed by atoms with Gasteiger partial charge in [0, 0.05) is 28.7 Å². The second kappa shape index (κ2) is 6.39. The number of piperidine rings is 1. The van der Waals surface area contributed by atoms with Gasteiger partial charge in [0.2, 0.25) is 10.0 Å². The average Bonchev–Trinajstić information content (AvgIpc) is 2.41. The summed E-state index contributed by atoms with van der Waals surface area (Å²) < 4.78 is 27.7. The Hall–Kier alpha value is -1.03. The van der Waals surface area contributed by atoms with Gasteiger partial charge in [0.25, 0.3) is 5.69 Å². The minimum atomic E-state index is -3.78. The van der Waals surface area contributed by atoms with Crippen molar-refractivity contribution < 1.29 is 13.3 Å². The summed E-state index contributed by atoms with van der Waals surface area (Å²) in [6.07, 6.45) is 1.65. The summed E-state index contributed by atoms with van der Waals surface area (Å²) in [4.78, 5) is 10.3. The standard InChI is InChI=1S/C12H16BrN3O4S/c1-8-11(13)5-10(6-12(8)16(17)18)21(19,20)15-9-3-2-4-14-7-9/h5-6,9,14-15H,2-4,7H2,1H3. The van der Waals surface area contributed by atoms with Crippen molar-refractivity contribution >= 4 is 31.6 Å². The van der Waals surface area contributed by atoms with Crippen molar-refractivity contribution in [1.29, 1.82) is 0 Å². The molecule has 1 aliphatic rings. The molecule has 1 saturated heterocycles. The fraction of sp³-hybridized carbons (Fsp3) is 0.500. The lowest BCUT2D eigenvalue weighted by atomic mass is 10.1. The van der Waals surface area contributed by atoms with E-state index in [1.54, 1.807) is 6.92 Å². The molecule has 1 atom stereocenters. The molecule has 0 spiro atoms. The Bertz CT molecular complexity index is 657. The topological polar surface area (TPSA) is 101 Å². The molecule has 0 saturated carbocycles. The molecule has 0 aliphatic carbocycles. The zero-order valence-electron chi connectivity index (χ0n) is 11.4. The first-order valence-corrected chi connectivity index (χ1v) is 8.76. The number of nitrogens with zero attached hydrogens (tertiary/aromatic N) is 1. The van der Waals surface area contributed by atoms with Gasteiger partial charge in [-0.2, -0.15) is 0 Å². The van der Waals surface area contributed by atoms with Crippen molar-refractivity contribution in [3.63, 3.8) is 0 Å². The molecule has 1 aromatic rings. The minimum Gasteiger partial charge on any atom is -0.315 e. The minimum absolute atomic E-state index is 0.0998. The number of nitro groups is 1. The quantitative estimate of drug-likeness (QED) is 0.614. The predicted octanol–water partition coefficient (Wildman–Crippen LogP) is 1.70. The van der Waals surface area contributed by atoms with Gasteiger partial charge in [-0.25, -0.2) is 13.1 Å². The number of benzene rings is 1. The van der Waals surface area contributed by atoms with E-state index in [9.17, 15) is 18.5 Å². The highest BCUT2D eigenvalue weighted by Crippen LogP contribution is 2.30. The van der Waals surface area contributed by atoms with Gasteiger partial charge in [0.15, 0.2) is 0 Å². The number of halogens is 1. The number of sulfonamides is 1. The molecule has 21 heavy (non-hydrogen) atoms. The van der Waals surface area contributed by atoms with E-state index in [4.69, 9.17) is 0 Å². The molecule has 0 bridgehead atoms. The Balaban J connectivity index is 2.33. The monoisotopic (exact) mass is 377 g/mol. The van der Waals surface area contributed by atoms with Crippen LogP contribution in [0, 0.1) is 17.0 Å². The smallest absolute Gasteiger partial charge is 0.274 e. The van der Waals surface area contributed by atoms with Gasteiger partial charge >= 0.3 is 0 Å². The molecule has 7 nitrogen and oxygen atoms in total. The summed E-state index contributed by atoms with van der Waals surface area (Å²) >= 11 is 3.17. The van der Waals surface area contributed by atoms with Gasteiger partial charge in [-0.1, -0.05) is 15.9 Å². The molecule has 1 heterocycles. The van der Waals surface area contributed by atoms with Crippen LogP contribution in [0.5, 0.6) is 0 Å². The number of rotatable bonds is 4. The normalized spacial score (nSPS) is 19.4. The number of hydrogen-bond acceptors (Lipinski definition) is 5. The van der Waals surface area contributed by atoms with Crippen LogP contribution in [0.1, 0.15) is 18.4 Å². The number of nitro benzene ring substituents is 1. The van der Waals surface area contributed by atoms with Crippen LogP contribution in [0.2, 0.25) is 0 Å². The second-order valence-corrected chi connectivity index (χ2v) is 7.54. The van der Waals surface area contributed by atoms with Gasteiger partial charge in [-0.05, 0) is 32.4 Å². The third kappa shape index (κ3) is 3.79. The van der Waals surface area contributed by atoms with Gasteiger partial charge in [0.1, 0.15) is 0 Å². The Morgan fingerprint density at radius 1 is 1.48 bits per heavy atom. The van der Waals surface area contributed by atoms with Crippen LogP contribution in [0.25, 0.3) is 0 Å². The zero-order chi connectivity index (χ0) is 15.6. The van der Waals surface area contributed by atoms with Crippen molar-refractivity contribution in [2.45, 2.75) is 30.7 Å². The van der Waals surface area contributed by atoms with Crippen molar-refractivity contribution in [3.8, 4) is 0 Å². The van der Waals surface area contributed by atoms with Crippen LogP contribution in [0.3, 0.4) is 0 Å². The molecular weight excluding hydrogens is 362 g/mol. The van der Waals surface area contributed by atoms with E-state index in [-0.39, 0.29) is 16.6 Å². The molecule has 1 unspecified atom stereocenters. The van der Waals surface area contributed by atoms with E-state index >= 15 is 0 Å². The lowest BCUT2D eigenvalue weighted by Gasteiger charge is -2.23. The third-order valence-electron chi connectivity index (χ3n) is 3.42. The Labute approximate surface area is 131 Å². The first kappa shape index (κ1) is 16.3. The van der Waals surface area contributed by atoms with Crippen LogP contribution in [-0.4, -0.2) is 32.5 Å². The summed E-state index contributed by atoms with van der Waals surface area (Å²) in [6.45, 7) is 3.01. The van der Waals surface area contributed by atoms with Crippen molar-refractivity contribution in [2.24, 2.45) is 0 Å². The highest BCUT2D eigenvalue weighted by atomic mass is 79.9. The molecule has 1 fully saturated rings. The summed E-state index contributed by atoms with van der Waals surface area (Å²) in [6, 6.07) is 2.29. The average molecular weight is 378 g/mol. The first-order chi connectivity index (χ1) is 9.81. The second-order valence-electron chi connectivity index (χ2n) is 4.97. The van der Waals surface area contributed by atoms with E-state index < -0.39 is 14.9 Å². The molecular formula is C12H16BrN3O4S. The molecule has 0 radical (unpaired) electrons. The molecule has 0 aromatic heterocycles. The van der Waals surface area contributed by atoms with Crippen LogP contribution in [0.4, 0.5) is 5.69 Å². The predicted molar refractivity (Wildman–Crippen MR) is 81.7 cm³/mol. The van der Waals surface area contributed by atoms with Crippen LogP contribution >= 0.6 is 15.9 Å². The summed E-state index contributed by atoms with van der Waals surface area (Å²) in [7, 11) is -3.78.